The number of benzene rings is 1. The Bertz CT molecular complexity index is 1240. The normalized spacial score (nSPS) is 13.8. The Labute approximate surface area is 180 Å². The number of fused-ring (bicyclic) bond motifs is 2. The number of nitrogens with one attached hydrogen (secondary N) is 1. The minimum absolute atomic E-state index is 0.127. The van der Waals surface area contributed by atoms with Crippen molar-refractivity contribution in [2.75, 3.05) is 24.3 Å². The Hall–Kier alpha value is -3.11. The van der Waals surface area contributed by atoms with Crippen molar-refractivity contribution in [1.29, 1.82) is 0 Å². The van der Waals surface area contributed by atoms with Gasteiger partial charge in [-0.2, -0.15) is 14.6 Å². The summed E-state index contributed by atoms with van der Waals surface area (Å²) in [6.45, 7) is 3.31. The van der Waals surface area contributed by atoms with E-state index in [1.165, 1.54) is 16.0 Å². The molecule has 3 N–H and O–H groups in total. The van der Waals surface area contributed by atoms with Gasteiger partial charge in [0.15, 0.2) is 17.3 Å². The van der Waals surface area contributed by atoms with Crippen molar-refractivity contribution in [1.82, 2.24) is 24.7 Å². The Morgan fingerprint density at radius 1 is 1.13 bits per heavy atom. The summed E-state index contributed by atoms with van der Waals surface area (Å²) < 4.78 is 13.8. The zero-order valence-electron chi connectivity index (χ0n) is 16.1. The van der Waals surface area contributed by atoms with Crippen LogP contribution in [0.2, 0.25) is 5.28 Å². The van der Waals surface area contributed by atoms with Gasteiger partial charge in [0.2, 0.25) is 17.2 Å². The maximum atomic E-state index is 6.13. The largest absolute Gasteiger partial charge is 0.490 e. The van der Waals surface area contributed by atoms with E-state index in [9.17, 15) is 0 Å². The van der Waals surface area contributed by atoms with Crippen LogP contribution in [-0.4, -0.2) is 37.9 Å². The number of aromatic nitrogens is 5. The number of ether oxygens (including phenoxy) is 2. The number of hydrogen-bond acceptors (Lipinski definition) is 9. The highest BCUT2D eigenvalue weighted by Crippen LogP contribution is 2.34. The van der Waals surface area contributed by atoms with Gasteiger partial charge in [-0.05, 0) is 54.4 Å². The zero-order chi connectivity index (χ0) is 20.7. The van der Waals surface area contributed by atoms with Crippen molar-refractivity contribution in [2.24, 2.45) is 0 Å². The molecule has 0 unspecified atom stereocenters. The number of hydrogen-bond donors (Lipinski definition) is 2. The van der Waals surface area contributed by atoms with Gasteiger partial charge in [-0.3, -0.25) is 0 Å². The number of thiophene rings is 1. The molecule has 1 aliphatic heterocycles. The molecule has 154 valence electrons. The highest BCUT2D eigenvalue weighted by Gasteiger charge is 2.18. The number of anilines is 3. The molecule has 30 heavy (non-hydrogen) atoms. The van der Waals surface area contributed by atoms with E-state index in [1.54, 1.807) is 0 Å². The molecule has 0 aliphatic carbocycles. The number of aryl methyl sites for hydroxylation is 1. The summed E-state index contributed by atoms with van der Waals surface area (Å²) in [6, 6.07) is 5.61. The molecule has 0 bridgehead atoms. The summed E-state index contributed by atoms with van der Waals surface area (Å²) in [5.74, 6) is 2.42. The molecule has 0 amide bonds. The summed E-state index contributed by atoms with van der Waals surface area (Å²) in [4.78, 5) is 12.9. The van der Waals surface area contributed by atoms with Gasteiger partial charge in [-0.15, -0.1) is 16.4 Å². The highest BCUT2D eigenvalue weighted by atomic mass is 35.5. The second kappa shape index (κ2) is 7.62. The van der Waals surface area contributed by atoms with Gasteiger partial charge in [0, 0.05) is 11.8 Å². The second-order valence-corrected chi connectivity index (χ2v) is 8.03. The van der Waals surface area contributed by atoms with Crippen LogP contribution in [0.3, 0.4) is 0 Å². The van der Waals surface area contributed by atoms with Gasteiger partial charge in [0.05, 0.1) is 23.4 Å². The van der Waals surface area contributed by atoms with Crippen LogP contribution in [0.25, 0.3) is 16.0 Å². The lowest BCUT2D eigenvalue weighted by Crippen LogP contribution is -2.08. The molecule has 0 radical (unpaired) electrons. The molecule has 11 heteroatoms. The van der Waals surface area contributed by atoms with Crippen molar-refractivity contribution in [2.45, 2.75) is 19.8 Å². The first-order valence-corrected chi connectivity index (χ1v) is 10.6. The lowest BCUT2D eigenvalue weighted by molar-refractivity contribution is 0.223. The summed E-state index contributed by atoms with van der Waals surface area (Å²) in [5, 5.41) is 9.75. The van der Waals surface area contributed by atoms with Crippen LogP contribution >= 0.6 is 22.9 Å². The molecule has 3 aromatic heterocycles. The molecular formula is C19H18ClN7O2S. The maximum absolute atomic E-state index is 6.13. The molecule has 9 nitrogen and oxygen atoms in total. The molecule has 5 rings (SSSR count). The number of rotatable bonds is 3. The van der Waals surface area contributed by atoms with Gasteiger partial charge in [0.1, 0.15) is 0 Å². The van der Waals surface area contributed by atoms with Crippen LogP contribution in [0.5, 0.6) is 11.5 Å². The van der Waals surface area contributed by atoms with E-state index >= 15 is 0 Å². The van der Waals surface area contributed by atoms with E-state index in [2.05, 4.69) is 25.4 Å². The molecule has 0 saturated heterocycles. The van der Waals surface area contributed by atoms with Gasteiger partial charge < -0.3 is 20.5 Å². The predicted octanol–water partition coefficient (Wildman–Crippen LogP) is 4.11. The van der Waals surface area contributed by atoms with Crippen LogP contribution in [0.4, 0.5) is 17.6 Å². The standard InChI is InChI=1S/C19H18ClN7O2S/c1-10-9-30-15-14(10)23-17(20)24-16(15)27-18(21)25-19(26-27)22-11-4-5-12-13(8-11)29-7-3-2-6-28-12/h4-5,8-9H,2-3,6-7H2,1H3,(H3,21,22,25,26). The molecular weight excluding hydrogens is 426 g/mol. The fourth-order valence-corrected chi connectivity index (χ4v) is 4.31. The monoisotopic (exact) mass is 443 g/mol. The fourth-order valence-electron chi connectivity index (χ4n) is 3.18. The van der Waals surface area contributed by atoms with E-state index < -0.39 is 0 Å². The molecule has 1 aromatic carbocycles. The third kappa shape index (κ3) is 3.48. The molecule has 0 atom stereocenters. The lowest BCUT2D eigenvalue weighted by atomic mass is 10.2. The summed E-state index contributed by atoms with van der Waals surface area (Å²) in [5.41, 5.74) is 8.68. The minimum atomic E-state index is 0.127. The van der Waals surface area contributed by atoms with Gasteiger partial charge in [-0.25, -0.2) is 4.98 Å². The first-order chi connectivity index (χ1) is 14.6. The maximum Gasteiger partial charge on any atom is 0.248 e. The number of nitrogens with zero attached hydrogens (tertiary/aromatic N) is 5. The average Bonchev–Trinajstić information content (AvgIpc) is 3.25. The van der Waals surface area contributed by atoms with Crippen molar-refractivity contribution in [3.8, 4) is 17.3 Å². The Morgan fingerprint density at radius 2 is 1.93 bits per heavy atom. The fraction of sp³-hybridized carbons (Fsp3) is 0.263. The number of nitrogen functional groups attached to an aromatic ring is 1. The Balaban J connectivity index is 1.48. The van der Waals surface area contributed by atoms with Gasteiger partial charge in [-0.1, -0.05) is 0 Å². The average molecular weight is 444 g/mol. The highest BCUT2D eigenvalue weighted by molar-refractivity contribution is 7.17. The zero-order valence-corrected chi connectivity index (χ0v) is 17.6. The lowest BCUT2D eigenvalue weighted by Gasteiger charge is -2.17. The van der Waals surface area contributed by atoms with E-state index in [1.807, 2.05) is 30.5 Å². The van der Waals surface area contributed by atoms with Crippen molar-refractivity contribution in [3.63, 3.8) is 0 Å². The first kappa shape index (κ1) is 18.9. The Morgan fingerprint density at radius 3 is 2.77 bits per heavy atom. The minimum Gasteiger partial charge on any atom is -0.490 e. The van der Waals surface area contributed by atoms with Crippen molar-refractivity contribution >= 4 is 50.7 Å². The summed E-state index contributed by atoms with van der Waals surface area (Å²) in [6.07, 6.45) is 1.93. The number of halogens is 1. The predicted molar refractivity (Wildman–Crippen MR) is 116 cm³/mol. The van der Waals surface area contributed by atoms with Gasteiger partial charge >= 0.3 is 0 Å². The van der Waals surface area contributed by atoms with Crippen LogP contribution in [0.15, 0.2) is 23.6 Å². The van der Waals surface area contributed by atoms with E-state index in [0.717, 1.165) is 40.1 Å². The second-order valence-electron chi connectivity index (χ2n) is 6.81. The smallest absolute Gasteiger partial charge is 0.248 e. The van der Waals surface area contributed by atoms with E-state index in [4.69, 9.17) is 26.8 Å². The quantitative estimate of drug-likeness (QED) is 0.455. The van der Waals surface area contributed by atoms with E-state index in [0.29, 0.717) is 30.7 Å². The summed E-state index contributed by atoms with van der Waals surface area (Å²) >= 11 is 7.63. The number of nitrogens with two attached hydrogens (primary N) is 1. The van der Waals surface area contributed by atoms with Crippen LogP contribution in [-0.2, 0) is 0 Å². The van der Waals surface area contributed by atoms with Gasteiger partial charge in [0.25, 0.3) is 0 Å². The molecule has 1 aliphatic rings. The molecule has 4 heterocycles. The van der Waals surface area contributed by atoms with Crippen molar-refractivity contribution < 1.29 is 9.47 Å². The van der Waals surface area contributed by atoms with Crippen molar-refractivity contribution in [3.05, 3.63) is 34.4 Å². The molecule has 4 aromatic rings. The summed E-state index contributed by atoms with van der Waals surface area (Å²) in [7, 11) is 0. The SMILES string of the molecule is Cc1csc2c(-n3nc(Nc4ccc5c(c4)OCCCCO5)nc3N)nc(Cl)nc12. The first-order valence-electron chi connectivity index (χ1n) is 9.39. The topological polar surface area (TPSA) is 113 Å². The van der Waals surface area contributed by atoms with Crippen LogP contribution < -0.4 is 20.5 Å². The third-order valence-electron chi connectivity index (χ3n) is 4.63. The third-order valence-corrected chi connectivity index (χ3v) is 5.89. The van der Waals surface area contributed by atoms with Crippen LogP contribution in [0, 0.1) is 6.92 Å². The molecule has 0 saturated carbocycles. The Kier molecular flexibility index (Phi) is 4.80. The van der Waals surface area contributed by atoms with E-state index in [-0.39, 0.29) is 11.2 Å². The van der Waals surface area contributed by atoms with Crippen LogP contribution in [0.1, 0.15) is 18.4 Å². The molecule has 0 spiro atoms. The molecule has 0 fully saturated rings.